The molecule has 2 N–H and O–H groups in total. The van der Waals surface area contributed by atoms with Gasteiger partial charge < -0.3 is 15.2 Å². The molecule has 0 aliphatic carbocycles. The van der Waals surface area contributed by atoms with E-state index in [1.54, 1.807) is 42.6 Å². The number of nitrogens with zero attached hydrogens (tertiary/aromatic N) is 2. The molecule has 2 amide bonds. The number of pyridine rings is 1. The summed E-state index contributed by atoms with van der Waals surface area (Å²) in [5.41, 5.74) is 7.01. The highest BCUT2D eigenvalue weighted by atomic mass is 16.6. The lowest BCUT2D eigenvalue weighted by atomic mass is 10.1. The highest BCUT2D eigenvalue weighted by Gasteiger charge is 2.36. The van der Waals surface area contributed by atoms with Crippen molar-refractivity contribution in [3.63, 3.8) is 0 Å². The van der Waals surface area contributed by atoms with E-state index >= 15 is 0 Å². The van der Waals surface area contributed by atoms with E-state index in [1.807, 2.05) is 0 Å². The highest BCUT2D eigenvalue weighted by molar-refractivity contribution is 6.21. The summed E-state index contributed by atoms with van der Waals surface area (Å²) in [6.45, 7) is 0.496. The van der Waals surface area contributed by atoms with E-state index in [9.17, 15) is 9.59 Å². The third-order valence-electron chi connectivity index (χ3n) is 4.30. The summed E-state index contributed by atoms with van der Waals surface area (Å²) in [4.78, 5) is 30.1. The quantitative estimate of drug-likeness (QED) is 0.842. The fraction of sp³-hybridized carbons (Fsp3) is 0.278. The maximum absolute atomic E-state index is 12.4. The van der Waals surface area contributed by atoms with E-state index in [1.165, 1.54) is 4.90 Å². The SMILES string of the molecule is NC(CC1COc2cccnc2O1)CN1C(=O)c2ccccc2C1=O. The van der Waals surface area contributed by atoms with Crippen molar-refractivity contribution in [1.29, 1.82) is 0 Å². The van der Waals surface area contributed by atoms with Crippen LogP contribution in [0.4, 0.5) is 0 Å². The topological polar surface area (TPSA) is 94.8 Å². The van der Waals surface area contributed by atoms with E-state index < -0.39 is 6.04 Å². The van der Waals surface area contributed by atoms with Gasteiger partial charge in [-0.25, -0.2) is 4.98 Å². The van der Waals surface area contributed by atoms with Gasteiger partial charge in [0.2, 0.25) is 0 Å². The van der Waals surface area contributed by atoms with Crippen LogP contribution in [0, 0.1) is 0 Å². The molecule has 7 nitrogen and oxygen atoms in total. The van der Waals surface area contributed by atoms with Gasteiger partial charge in [-0.2, -0.15) is 0 Å². The van der Waals surface area contributed by atoms with Gasteiger partial charge in [-0.15, -0.1) is 0 Å². The number of fused-ring (bicyclic) bond motifs is 2. The molecule has 1 aromatic carbocycles. The van der Waals surface area contributed by atoms with Gasteiger partial charge >= 0.3 is 0 Å². The molecule has 2 aliphatic heterocycles. The van der Waals surface area contributed by atoms with E-state index in [-0.39, 0.29) is 24.5 Å². The van der Waals surface area contributed by atoms with Crippen molar-refractivity contribution in [2.75, 3.05) is 13.2 Å². The van der Waals surface area contributed by atoms with Gasteiger partial charge in [0.05, 0.1) is 11.1 Å². The number of aromatic nitrogens is 1. The number of nitrogens with two attached hydrogens (primary N) is 1. The molecule has 0 spiro atoms. The molecular weight excluding hydrogens is 322 g/mol. The predicted molar refractivity (Wildman–Crippen MR) is 88.5 cm³/mol. The van der Waals surface area contributed by atoms with Crippen molar-refractivity contribution >= 4 is 11.8 Å². The van der Waals surface area contributed by atoms with Crippen molar-refractivity contribution < 1.29 is 19.1 Å². The van der Waals surface area contributed by atoms with Crippen molar-refractivity contribution in [2.24, 2.45) is 5.73 Å². The molecule has 4 rings (SSSR count). The Bertz CT molecular complexity index is 804. The van der Waals surface area contributed by atoms with E-state index in [2.05, 4.69) is 4.98 Å². The molecule has 2 unspecified atom stereocenters. The molecule has 0 saturated carbocycles. The smallest absolute Gasteiger partial charge is 0.261 e. The molecule has 128 valence electrons. The Balaban J connectivity index is 1.40. The summed E-state index contributed by atoms with van der Waals surface area (Å²) < 4.78 is 11.4. The van der Waals surface area contributed by atoms with Crippen LogP contribution in [0.5, 0.6) is 11.6 Å². The van der Waals surface area contributed by atoms with Crippen LogP contribution in [0.3, 0.4) is 0 Å². The number of ether oxygens (including phenoxy) is 2. The van der Waals surface area contributed by atoms with Crippen LogP contribution >= 0.6 is 0 Å². The number of rotatable bonds is 4. The third kappa shape index (κ3) is 2.83. The Morgan fingerprint density at radius 3 is 2.60 bits per heavy atom. The lowest BCUT2D eigenvalue weighted by Gasteiger charge is -2.28. The van der Waals surface area contributed by atoms with Crippen LogP contribution in [0.25, 0.3) is 0 Å². The van der Waals surface area contributed by atoms with Crippen molar-refractivity contribution in [2.45, 2.75) is 18.6 Å². The van der Waals surface area contributed by atoms with Gasteiger partial charge in [0.15, 0.2) is 5.75 Å². The van der Waals surface area contributed by atoms with Gasteiger partial charge in [0, 0.05) is 25.2 Å². The predicted octanol–water partition coefficient (Wildman–Crippen LogP) is 1.23. The normalized spacial score (nSPS) is 19.7. The summed E-state index contributed by atoms with van der Waals surface area (Å²) in [5.74, 6) is 0.437. The van der Waals surface area contributed by atoms with Crippen LogP contribution in [0.1, 0.15) is 27.1 Å². The molecule has 0 radical (unpaired) electrons. The van der Waals surface area contributed by atoms with Gasteiger partial charge in [0.25, 0.3) is 17.7 Å². The molecular formula is C18H17N3O4. The van der Waals surface area contributed by atoms with Crippen LogP contribution in [0.2, 0.25) is 0 Å². The lowest BCUT2D eigenvalue weighted by molar-refractivity contribution is 0.0577. The summed E-state index contributed by atoms with van der Waals surface area (Å²) in [6, 6.07) is 9.94. The summed E-state index contributed by atoms with van der Waals surface area (Å²) in [7, 11) is 0. The number of carbonyl (C=O) groups is 2. The average molecular weight is 339 g/mol. The zero-order valence-corrected chi connectivity index (χ0v) is 13.4. The van der Waals surface area contributed by atoms with Crippen molar-refractivity contribution in [3.8, 4) is 11.6 Å². The van der Waals surface area contributed by atoms with E-state index in [0.29, 0.717) is 35.8 Å². The molecule has 2 atom stereocenters. The molecule has 3 heterocycles. The molecule has 7 heteroatoms. The molecule has 2 aliphatic rings. The molecule has 1 aromatic heterocycles. The van der Waals surface area contributed by atoms with Gasteiger partial charge in [-0.1, -0.05) is 12.1 Å². The second-order valence-electron chi connectivity index (χ2n) is 6.12. The molecule has 0 fully saturated rings. The highest BCUT2D eigenvalue weighted by Crippen LogP contribution is 2.29. The molecule has 2 aromatic rings. The number of amides is 2. The maximum Gasteiger partial charge on any atom is 0.261 e. The Kier molecular flexibility index (Phi) is 3.85. The molecule has 0 saturated heterocycles. The maximum atomic E-state index is 12.4. The van der Waals surface area contributed by atoms with Gasteiger partial charge in [-0.3, -0.25) is 14.5 Å². The first-order valence-electron chi connectivity index (χ1n) is 8.09. The van der Waals surface area contributed by atoms with Crippen LogP contribution in [0.15, 0.2) is 42.6 Å². The van der Waals surface area contributed by atoms with E-state index in [4.69, 9.17) is 15.2 Å². The number of hydrogen-bond acceptors (Lipinski definition) is 6. The first kappa shape index (κ1) is 15.6. The van der Waals surface area contributed by atoms with Gasteiger partial charge in [0.1, 0.15) is 12.7 Å². The number of benzene rings is 1. The zero-order chi connectivity index (χ0) is 17.4. The van der Waals surface area contributed by atoms with Crippen LogP contribution in [-0.4, -0.2) is 47.0 Å². The summed E-state index contributed by atoms with van der Waals surface area (Å²) >= 11 is 0. The molecule has 25 heavy (non-hydrogen) atoms. The van der Waals surface area contributed by atoms with Crippen molar-refractivity contribution in [3.05, 3.63) is 53.7 Å². The second kappa shape index (κ2) is 6.18. The Morgan fingerprint density at radius 1 is 1.16 bits per heavy atom. The zero-order valence-electron chi connectivity index (χ0n) is 13.4. The lowest BCUT2D eigenvalue weighted by Crippen LogP contribution is -2.44. The Hall–Kier alpha value is -2.93. The fourth-order valence-electron chi connectivity index (χ4n) is 3.12. The number of carbonyl (C=O) groups excluding carboxylic acids is 2. The fourth-order valence-corrected chi connectivity index (χ4v) is 3.12. The largest absolute Gasteiger partial charge is 0.484 e. The first-order valence-corrected chi connectivity index (χ1v) is 8.09. The monoisotopic (exact) mass is 339 g/mol. The standard InChI is InChI=1S/C18H17N3O4/c19-11(8-12-10-24-15-6-3-7-20-16(15)25-12)9-21-17(22)13-4-1-2-5-14(13)18(21)23/h1-7,11-12H,8-10,19H2. The first-order chi connectivity index (χ1) is 12.1. The molecule has 0 bridgehead atoms. The number of hydrogen-bond donors (Lipinski definition) is 1. The minimum atomic E-state index is -0.416. The number of imide groups is 1. The van der Waals surface area contributed by atoms with Gasteiger partial charge in [-0.05, 0) is 24.3 Å². The van der Waals surface area contributed by atoms with Crippen molar-refractivity contribution in [1.82, 2.24) is 9.88 Å². The second-order valence-corrected chi connectivity index (χ2v) is 6.12. The minimum Gasteiger partial charge on any atom is -0.484 e. The summed E-state index contributed by atoms with van der Waals surface area (Å²) in [6.07, 6.45) is 1.81. The van der Waals surface area contributed by atoms with Crippen LogP contribution in [-0.2, 0) is 0 Å². The van der Waals surface area contributed by atoms with Crippen LogP contribution < -0.4 is 15.2 Å². The third-order valence-corrected chi connectivity index (χ3v) is 4.30. The minimum absolute atomic E-state index is 0.140. The van der Waals surface area contributed by atoms with E-state index in [0.717, 1.165) is 0 Å². The summed E-state index contributed by atoms with van der Waals surface area (Å²) in [5, 5.41) is 0. The Morgan fingerprint density at radius 2 is 1.88 bits per heavy atom. The Labute approximate surface area is 144 Å². The average Bonchev–Trinajstić information content (AvgIpc) is 2.87.